The van der Waals surface area contributed by atoms with Gasteiger partial charge in [-0.1, -0.05) is 12.8 Å². The SMILES string of the molecule is N=C1CCC(=N)OC(=O)C2(CCCCCC(=O)O1)C(=N)CCC2=N. The van der Waals surface area contributed by atoms with E-state index in [9.17, 15) is 9.59 Å². The molecule has 1 saturated carbocycles. The zero-order valence-electron chi connectivity index (χ0n) is 13.5. The van der Waals surface area contributed by atoms with Crippen molar-refractivity contribution in [1.29, 1.82) is 21.6 Å². The Morgan fingerprint density at radius 2 is 1.29 bits per heavy atom. The lowest BCUT2D eigenvalue weighted by atomic mass is 9.78. The van der Waals surface area contributed by atoms with Crippen LogP contribution in [-0.2, 0) is 19.1 Å². The maximum absolute atomic E-state index is 12.6. The molecular formula is C16H22N4O4. The number of carbonyl (C=O) groups is 2. The molecule has 1 aliphatic carbocycles. The highest BCUT2D eigenvalue weighted by Crippen LogP contribution is 2.38. The van der Waals surface area contributed by atoms with Crippen molar-refractivity contribution >= 4 is 35.2 Å². The first-order chi connectivity index (χ1) is 11.4. The molecular weight excluding hydrogens is 312 g/mol. The summed E-state index contributed by atoms with van der Waals surface area (Å²) in [6.45, 7) is 0. The fraction of sp³-hybridized carbons (Fsp3) is 0.625. The zero-order valence-corrected chi connectivity index (χ0v) is 13.5. The van der Waals surface area contributed by atoms with Gasteiger partial charge in [-0.15, -0.1) is 0 Å². The molecule has 0 radical (unpaired) electrons. The van der Waals surface area contributed by atoms with Crippen LogP contribution in [0, 0.1) is 27.1 Å². The van der Waals surface area contributed by atoms with Crippen molar-refractivity contribution in [3.63, 3.8) is 0 Å². The fourth-order valence-electron chi connectivity index (χ4n) is 3.06. The average molecular weight is 334 g/mol. The van der Waals surface area contributed by atoms with Crippen molar-refractivity contribution in [2.45, 2.75) is 57.8 Å². The van der Waals surface area contributed by atoms with Crippen LogP contribution in [0.4, 0.5) is 0 Å². The van der Waals surface area contributed by atoms with E-state index in [1.165, 1.54) is 0 Å². The summed E-state index contributed by atoms with van der Waals surface area (Å²) in [4.78, 5) is 24.2. The summed E-state index contributed by atoms with van der Waals surface area (Å²) in [5, 5.41) is 31.6. The Morgan fingerprint density at radius 3 is 1.92 bits per heavy atom. The molecule has 2 rings (SSSR count). The van der Waals surface area contributed by atoms with E-state index in [4.69, 9.17) is 31.1 Å². The van der Waals surface area contributed by atoms with E-state index in [1.54, 1.807) is 0 Å². The monoisotopic (exact) mass is 334 g/mol. The first-order valence-electron chi connectivity index (χ1n) is 8.10. The lowest BCUT2D eigenvalue weighted by molar-refractivity contribution is -0.141. The summed E-state index contributed by atoms with van der Waals surface area (Å²) in [6.07, 6.45) is 2.92. The highest BCUT2D eigenvalue weighted by molar-refractivity contribution is 6.28. The topological polar surface area (TPSA) is 148 Å². The number of ether oxygens (including phenoxy) is 2. The van der Waals surface area contributed by atoms with Gasteiger partial charge in [-0.3, -0.25) is 20.4 Å². The number of nitrogens with one attached hydrogen (secondary N) is 4. The third kappa shape index (κ3) is 3.74. The number of carbonyl (C=O) groups excluding carboxylic acids is 2. The quantitative estimate of drug-likeness (QED) is 0.504. The molecule has 0 aromatic rings. The summed E-state index contributed by atoms with van der Waals surface area (Å²) in [7, 11) is 0. The molecule has 0 amide bonds. The molecule has 0 atom stereocenters. The van der Waals surface area contributed by atoms with E-state index in [-0.39, 0.29) is 42.5 Å². The van der Waals surface area contributed by atoms with E-state index in [1.807, 2.05) is 0 Å². The smallest absolute Gasteiger partial charge is 0.330 e. The first-order valence-corrected chi connectivity index (χ1v) is 8.10. The minimum atomic E-state index is -1.36. The summed E-state index contributed by atoms with van der Waals surface area (Å²) in [6, 6.07) is 0. The van der Waals surface area contributed by atoms with Gasteiger partial charge in [0.2, 0.25) is 0 Å². The molecule has 2 fully saturated rings. The molecule has 24 heavy (non-hydrogen) atoms. The van der Waals surface area contributed by atoms with Crippen LogP contribution in [0.1, 0.15) is 57.8 Å². The summed E-state index contributed by atoms with van der Waals surface area (Å²) >= 11 is 0. The summed E-state index contributed by atoms with van der Waals surface area (Å²) < 4.78 is 9.91. The summed E-state index contributed by atoms with van der Waals surface area (Å²) in [5.41, 5.74) is -1.01. The van der Waals surface area contributed by atoms with Gasteiger partial charge in [0.25, 0.3) is 0 Å². The largest absolute Gasteiger partial charge is 0.412 e. The third-order valence-corrected chi connectivity index (χ3v) is 4.47. The van der Waals surface area contributed by atoms with E-state index in [0.29, 0.717) is 38.5 Å². The molecule has 1 spiro atoms. The van der Waals surface area contributed by atoms with Crippen LogP contribution in [0.5, 0.6) is 0 Å². The van der Waals surface area contributed by atoms with Crippen molar-refractivity contribution in [3.8, 4) is 0 Å². The van der Waals surface area contributed by atoms with E-state index in [2.05, 4.69) is 0 Å². The Hall–Kier alpha value is -2.38. The third-order valence-electron chi connectivity index (χ3n) is 4.47. The molecule has 8 heteroatoms. The Kier molecular flexibility index (Phi) is 5.58. The molecule has 1 heterocycles. The van der Waals surface area contributed by atoms with Crippen LogP contribution in [-0.4, -0.2) is 35.2 Å². The molecule has 2 aliphatic rings. The van der Waals surface area contributed by atoms with Gasteiger partial charge in [0.1, 0.15) is 5.41 Å². The van der Waals surface area contributed by atoms with Crippen LogP contribution in [0.2, 0.25) is 0 Å². The number of cyclic esters (lactones) is 2. The lowest BCUT2D eigenvalue weighted by Crippen LogP contribution is -2.43. The maximum atomic E-state index is 12.6. The second kappa shape index (κ2) is 7.46. The van der Waals surface area contributed by atoms with Crippen molar-refractivity contribution in [1.82, 2.24) is 0 Å². The molecule has 8 nitrogen and oxygen atoms in total. The predicted molar refractivity (Wildman–Crippen MR) is 87.1 cm³/mol. The van der Waals surface area contributed by atoms with Gasteiger partial charge in [-0.2, -0.15) is 0 Å². The van der Waals surface area contributed by atoms with E-state index in [0.717, 1.165) is 0 Å². The van der Waals surface area contributed by atoms with Gasteiger partial charge >= 0.3 is 11.9 Å². The standard InChI is InChI=1S/C16H22N4O4/c17-10-5-6-11(18)16(10)9-3-1-2-4-14(21)23-12(19)7-8-13(20)24-15(16)22/h17-20H,1-9H2. The van der Waals surface area contributed by atoms with Crippen LogP contribution < -0.4 is 0 Å². The van der Waals surface area contributed by atoms with Gasteiger partial charge in [0.15, 0.2) is 11.8 Å². The minimum Gasteiger partial charge on any atom is -0.412 e. The summed E-state index contributed by atoms with van der Waals surface area (Å²) in [5.74, 6) is -1.81. The van der Waals surface area contributed by atoms with Crippen molar-refractivity contribution in [2.75, 3.05) is 0 Å². The second-order valence-electron chi connectivity index (χ2n) is 6.13. The molecule has 4 N–H and O–H groups in total. The number of hydrogen-bond acceptors (Lipinski definition) is 8. The minimum absolute atomic E-state index is 0.0141. The van der Waals surface area contributed by atoms with Crippen LogP contribution in [0.15, 0.2) is 0 Å². The molecule has 0 bridgehead atoms. The van der Waals surface area contributed by atoms with Gasteiger partial charge in [-0.25, -0.2) is 0 Å². The molecule has 1 aliphatic heterocycles. The zero-order chi connectivity index (χ0) is 17.7. The van der Waals surface area contributed by atoms with Gasteiger partial charge in [0, 0.05) is 30.7 Å². The normalized spacial score (nSPS) is 27.8. The number of rotatable bonds is 0. The molecule has 0 unspecified atom stereocenters. The number of esters is 2. The van der Waals surface area contributed by atoms with Crippen molar-refractivity contribution in [2.24, 2.45) is 5.41 Å². The molecule has 1 saturated heterocycles. The first kappa shape index (κ1) is 18.0. The van der Waals surface area contributed by atoms with Crippen LogP contribution in [0.3, 0.4) is 0 Å². The van der Waals surface area contributed by atoms with Crippen LogP contribution in [0.25, 0.3) is 0 Å². The molecule has 0 aromatic heterocycles. The second-order valence-corrected chi connectivity index (χ2v) is 6.13. The highest BCUT2D eigenvalue weighted by Gasteiger charge is 2.51. The Labute approximate surface area is 139 Å². The Balaban J connectivity index is 2.19. The van der Waals surface area contributed by atoms with Crippen molar-refractivity contribution in [3.05, 3.63) is 0 Å². The molecule has 130 valence electrons. The Bertz CT molecular complexity index is 595. The van der Waals surface area contributed by atoms with Gasteiger partial charge in [-0.05, 0) is 25.7 Å². The predicted octanol–water partition coefficient (Wildman–Crippen LogP) is 2.59. The fourth-order valence-corrected chi connectivity index (χ4v) is 3.06. The van der Waals surface area contributed by atoms with Gasteiger partial charge in [0.05, 0.1) is 0 Å². The molecule has 0 aromatic carbocycles. The van der Waals surface area contributed by atoms with E-state index >= 15 is 0 Å². The highest BCUT2D eigenvalue weighted by atomic mass is 16.5. The van der Waals surface area contributed by atoms with Gasteiger partial charge < -0.3 is 20.3 Å². The maximum Gasteiger partial charge on any atom is 0.330 e. The Morgan fingerprint density at radius 1 is 0.708 bits per heavy atom. The lowest BCUT2D eigenvalue weighted by Gasteiger charge is -2.27. The number of hydrogen-bond donors (Lipinski definition) is 4. The average Bonchev–Trinajstić information content (AvgIpc) is 2.80. The van der Waals surface area contributed by atoms with Crippen LogP contribution >= 0.6 is 0 Å². The van der Waals surface area contributed by atoms with E-state index < -0.39 is 17.4 Å². The van der Waals surface area contributed by atoms with Crippen molar-refractivity contribution < 1.29 is 19.1 Å².